The van der Waals surface area contributed by atoms with E-state index in [0.29, 0.717) is 24.0 Å². The van der Waals surface area contributed by atoms with Gasteiger partial charge in [-0.2, -0.15) is 0 Å². The third-order valence-corrected chi connectivity index (χ3v) is 9.76. The molecule has 2 saturated heterocycles. The van der Waals surface area contributed by atoms with E-state index in [9.17, 15) is 4.79 Å². The molecule has 8 nitrogen and oxygen atoms in total. The number of hydrogen-bond acceptors (Lipinski definition) is 6. The number of piperidine rings is 1. The van der Waals surface area contributed by atoms with Crippen LogP contribution in [0.25, 0.3) is 11.0 Å². The van der Waals surface area contributed by atoms with Gasteiger partial charge in [-0.15, -0.1) is 0 Å². The van der Waals surface area contributed by atoms with Gasteiger partial charge in [0.2, 0.25) is 5.95 Å². The van der Waals surface area contributed by atoms with Crippen molar-refractivity contribution in [1.82, 2.24) is 19.4 Å². The molecule has 1 atom stereocenters. The molecule has 0 bridgehead atoms. The lowest BCUT2D eigenvalue weighted by atomic mass is 9.76. The Bertz CT molecular complexity index is 1580. The number of hydrogen-bond donors (Lipinski definition) is 1. The molecule has 8 heteroatoms. The van der Waals surface area contributed by atoms with Gasteiger partial charge in [0.25, 0.3) is 5.91 Å². The summed E-state index contributed by atoms with van der Waals surface area (Å²) in [6, 6.07) is 25.4. The summed E-state index contributed by atoms with van der Waals surface area (Å²) in [5, 5.41) is 3.78. The molecular formula is C37H47N5O3. The summed E-state index contributed by atoms with van der Waals surface area (Å²) in [6.07, 6.45) is 4.14. The van der Waals surface area contributed by atoms with Gasteiger partial charge in [0.05, 0.1) is 30.3 Å². The Morgan fingerprint density at radius 1 is 1.00 bits per heavy atom. The molecule has 2 aliphatic heterocycles. The number of benzene rings is 3. The maximum atomic E-state index is 13.8. The van der Waals surface area contributed by atoms with Crippen LogP contribution >= 0.6 is 0 Å². The number of fused-ring (bicyclic) bond motifs is 1. The topological polar surface area (TPSA) is 71.9 Å². The second kappa shape index (κ2) is 14.0. The van der Waals surface area contributed by atoms with Crippen molar-refractivity contribution >= 4 is 22.9 Å². The Kier molecular flexibility index (Phi) is 9.71. The summed E-state index contributed by atoms with van der Waals surface area (Å²) in [5.74, 6) is 1.65. The van der Waals surface area contributed by atoms with E-state index in [1.807, 2.05) is 43.0 Å². The molecule has 1 aromatic heterocycles. The quantitative estimate of drug-likeness (QED) is 0.195. The van der Waals surface area contributed by atoms with E-state index in [2.05, 4.69) is 63.3 Å². The van der Waals surface area contributed by atoms with Gasteiger partial charge in [-0.1, -0.05) is 54.1 Å². The van der Waals surface area contributed by atoms with E-state index in [1.54, 1.807) is 7.11 Å². The van der Waals surface area contributed by atoms with Crippen LogP contribution in [-0.4, -0.2) is 84.3 Å². The van der Waals surface area contributed by atoms with Crippen LogP contribution in [0.3, 0.4) is 0 Å². The summed E-state index contributed by atoms with van der Waals surface area (Å²) < 4.78 is 13.5. The van der Waals surface area contributed by atoms with E-state index in [4.69, 9.17) is 14.5 Å². The Hall–Kier alpha value is -3.88. The zero-order chi connectivity index (χ0) is 31.2. The molecule has 3 heterocycles. The van der Waals surface area contributed by atoms with Gasteiger partial charge in [0, 0.05) is 50.8 Å². The first-order chi connectivity index (χ1) is 22.0. The number of carbonyl (C=O) groups excluding carboxylic acids is 1. The van der Waals surface area contributed by atoms with Gasteiger partial charge in [-0.25, -0.2) is 4.98 Å². The zero-order valence-corrected chi connectivity index (χ0v) is 27.0. The highest BCUT2D eigenvalue weighted by atomic mass is 16.5. The van der Waals surface area contributed by atoms with Gasteiger partial charge < -0.3 is 29.2 Å². The molecule has 2 aliphatic rings. The molecule has 3 aromatic carbocycles. The van der Waals surface area contributed by atoms with Crippen LogP contribution in [-0.2, 0) is 16.7 Å². The standard InChI is InChI=1S/C37H47N5O3/c1-4-45-25-24-42-33-13-9-8-12-32(33)39-36(42)38-30-16-20-40(21-17-30)22-18-37(29-10-6-5-7-11-29)19-23-41(27-37)35(43)31-26-28(2)14-15-34(31)44-3/h5-15,26,30H,4,16-25,27H2,1-3H3,(H,38,39). The van der Waals surface area contributed by atoms with Crippen molar-refractivity contribution in [3.63, 3.8) is 0 Å². The van der Waals surface area contributed by atoms with Crippen LogP contribution in [0.1, 0.15) is 54.1 Å². The van der Waals surface area contributed by atoms with Crippen LogP contribution in [0, 0.1) is 6.92 Å². The number of carbonyl (C=O) groups is 1. The number of methoxy groups -OCH3 is 1. The number of anilines is 1. The van der Waals surface area contributed by atoms with Crippen molar-refractivity contribution in [3.05, 3.63) is 89.5 Å². The van der Waals surface area contributed by atoms with Crippen molar-refractivity contribution in [1.29, 1.82) is 0 Å². The van der Waals surface area contributed by atoms with Crippen LogP contribution in [0.5, 0.6) is 5.75 Å². The predicted molar refractivity (Wildman–Crippen MR) is 180 cm³/mol. The van der Waals surface area contributed by atoms with Crippen LogP contribution < -0.4 is 10.1 Å². The molecule has 1 unspecified atom stereocenters. The molecule has 1 N–H and O–H groups in total. The highest BCUT2D eigenvalue weighted by Gasteiger charge is 2.42. The average Bonchev–Trinajstić information content (AvgIpc) is 3.67. The van der Waals surface area contributed by atoms with Crippen molar-refractivity contribution in [2.24, 2.45) is 0 Å². The Morgan fingerprint density at radius 3 is 2.56 bits per heavy atom. The zero-order valence-electron chi connectivity index (χ0n) is 27.0. The van der Waals surface area contributed by atoms with Crippen LogP contribution in [0.15, 0.2) is 72.8 Å². The van der Waals surface area contributed by atoms with E-state index in [0.717, 1.165) is 94.1 Å². The van der Waals surface area contributed by atoms with Crippen molar-refractivity contribution in [2.75, 3.05) is 58.4 Å². The molecule has 2 fully saturated rings. The minimum absolute atomic E-state index is 0.0610. The third-order valence-electron chi connectivity index (χ3n) is 9.76. The van der Waals surface area contributed by atoms with Crippen LogP contribution in [0.2, 0.25) is 0 Å². The molecule has 0 saturated carbocycles. The van der Waals surface area contributed by atoms with E-state index in [1.165, 1.54) is 5.56 Å². The minimum Gasteiger partial charge on any atom is -0.496 e. The van der Waals surface area contributed by atoms with Gasteiger partial charge >= 0.3 is 0 Å². The fraction of sp³-hybridized carbons (Fsp3) is 0.459. The van der Waals surface area contributed by atoms with Gasteiger partial charge in [0.15, 0.2) is 0 Å². The summed E-state index contributed by atoms with van der Waals surface area (Å²) >= 11 is 0. The highest BCUT2D eigenvalue weighted by Crippen LogP contribution is 2.39. The minimum atomic E-state index is -0.0610. The molecule has 238 valence electrons. The Balaban J connectivity index is 1.10. The SMILES string of the molecule is CCOCCn1c(NC2CCN(CCC3(c4ccccc4)CCN(C(=O)c4cc(C)ccc4OC)C3)CC2)nc2ccccc21. The first-order valence-electron chi connectivity index (χ1n) is 16.5. The summed E-state index contributed by atoms with van der Waals surface area (Å²) in [7, 11) is 1.64. The van der Waals surface area contributed by atoms with E-state index < -0.39 is 0 Å². The molecule has 0 aliphatic carbocycles. The van der Waals surface area contributed by atoms with Gasteiger partial charge in [0.1, 0.15) is 5.75 Å². The molecule has 4 aromatic rings. The fourth-order valence-electron chi connectivity index (χ4n) is 7.15. The third kappa shape index (κ3) is 6.87. The molecule has 1 amide bonds. The predicted octanol–water partition coefficient (Wildman–Crippen LogP) is 6.14. The second-order valence-corrected chi connectivity index (χ2v) is 12.6. The lowest BCUT2D eigenvalue weighted by Crippen LogP contribution is -2.42. The van der Waals surface area contributed by atoms with Crippen molar-refractivity contribution in [3.8, 4) is 5.75 Å². The number of nitrogens with zero attached hydrogens (tertiary/aromatic N) is 4. The number of imidazole rings is 1. The van der Waals surface area contributed by atoms with Crippen molar-refractivity contribution in [2.45, 2.75) is 57.5 Å². The van der Waals surface area contributed by atoms with Gasteiger partial charge in [-0.3, -0.25) is 4.79 Å². The number of rotatable bonds is 12. The fourth-order valence-corrected chi connectivity index (χ4v) is 7.15. The summed E-state index contributed by atoms with van der Waals surface area (Å²) in [4.78, 5) is 23.3. The number of amides is 1. The van der Waals surface area contributed by atoms with E-state index in [-0.39, 0.29) is 11.3 Å². The number of aryl methyl sites for hydroxylation is 1. The number of para-hydroxylation sites is 2. The maximum absolute atomic E-state index is 13.8. The summed E-state index contributed by atoms with van der Waals surface area (Å²) in [5.41, 5.74) is 5.15. The van der Waals surface area contributed by atoms with Crippen molar-refractivity contribution < 1.29 is 14.3 Å². The van der Waals surface area contributed by atoms with Crippen LogP contribution in [0.4, 0.5) is 5.95 Å². The largest absolute Gasteiger partial charge is 0.496 e. The molecular weight excluding hydrogens is 562 g/mol. The maximum Gasteiger partial charge on any atom is 0.257 e. The number of nitrogens with one attached hydrogen (secondary N) is 1. The highest BCUT2D eigenvalue weighted by molar-refractivity contribution is 5.97. The molecule has 0 radical (unpaired) electrons. The number of aromatic nitrogens is 2. The molecule has 45 heavy (non-hydrogen) atoms. The lowest BCUT2D eigenvalue weighted by molar-refractivity contribution is 0.0776. The number of ether oxygens (including phenoxy) is 2. The normalized spacial score (nSPS) is 19.3. The monoisotopic (exact) mass is 609 g/mol. The average molecular weight is 610 g/mol. The second-order valence-electron chi connectivity index (χ2n) is 12.6. The Labute approximate surface area is 267 Å². The molecule has 6 rings (SSSR count). The molecule has 0 spiro atoms. The first kappa shape index (κ1) is 31.1. The lowest BCUT2D eigenvalue weighted by Gasteiger charge is -2.36. The van der Waals surface area contributed by atoms with Gasteiger partial charge in [-0.05, 0) is 75.9 Å². The summed E-state index contributed by atoms with van der Waals surface area (Å²) in [6.45, 7) is 10.8. The first-order valence-corrected chi connectivity index (χ1v) is 16.5. The Morgan fingerprint density at radius 2 is 1.78 bits per heavy atom. The van der Waals surface area contributed by atoms with E-state index >= 15 is 0 Å². The number of likely N-dealkylation sites (tertiary alicyclic amines) is 2. The smallest absolute Gasteiger partial charge is 0.257 e.